The predicted molar refractivity (Wildman–Crippen MR) is 117 cm³/mol. The van der Waals surface area contributed by atoms with Crippen LogP contribution >= 0.6 is 0 Å². The highest BCUT2D eigenvalue weighted by Gasteiger charge is 2.56. The number of nitrogens with zero attached hydrogens (tertiary/aromatic N) is 6. The van der Waals surface area contributed by atoms with E-state index in [2.05, 4.69) is 15.0 Å². The first-order valence-corrected chi connectivity index (χ1v) is 10.8. The Morgan fingerprint density at radius 2 is 1.88 bits per heavy atom. The summed E-state index contributed by atoms with van der Waals surface area (Å²) >= 11 is 0. The van der Waals surface area contributed by atoms with E-state index in [1.54, 1.807) is 29.3 Å². The summed E-state index contributed by atoms with van der Waals surface area (Å²) in [4.78, 5) is 16.3. The molecule has 6 nitrogen and oxygen atoms in total. The molecule has 1 atom stereocenters. The molecule has 1 saturated heterocycles. The van der Waals surface area contributed by atoms with Crippen LogP contribution in [0.3, 0.4) is 0 Å². The Morgan fingerprint density at radius 1 is 1.03 bits per heavy atom. The Labute approximate surface area is 183 Å². The van der Waals surface area contributed by atoms with Crippen LogP contribution in [-0.2, 0) is 7.05 Å². The summed E-state index contributed by atoms with van der Waals surface area (Å²) in [6.07, 6.45) is 10.0. The van der Waals surface area contributed by atoms with Crippen LogP contribution in [-0.4, -0.2) is 37.8 Å². The molecule has 1 aliphatic carbocycles. The first-order chi connectivity index (χ1) is 15.5. The summed E-state index contributed by atoms with van der Waals surface area (Å²) in [7, 11) is 1.88. The molecular formula is C24H22F2N6. The molecular weight excluding hydrogens is 410 g/mol. The minimum atomic E-state index is -0.524. The maximum Gasteiger partial charge on any atom is 0.156 e. The van der Waals surface area contributed by atoms with Crippen molar-refractivity contribution in [2.45, 2.75) is 25.2 Å². The van der Waals surface area contributed by atoms with Crippen molar-refractivity contribution >= 4 is 16.9 Å². The maximum absolute atomic E-state index is 14.3. The number of pyridine rings is 1. The molecule has 2 fully saturated rings. The van der Waals surface area contributed by atoms with Gasteiger partial charge in [-0.05, 0) is 48.3 Å². The second-order valence-electron chi connectivity index (χ2n) is 8.93. The van der Waals surface area contributed by atoms with Crippen molar-refractivity contribution in [3.05, 3.63) is 66.3 Å². The van der Waals surface area contributed by atoms with E-state index < -0.39 is 11.6 Å². The number of hydrogen-bond donors (Lipinski definition) is 0. The maximum atomic E-state index is 14.3. The molecule has 0 N–H and O–H groups in total. The Balaban J connectivity index is 1.30. The molecule has 1 unspecified atom stereocenters. The van der Waals surface area contributed by atoms with Gasteiger partial charge in [0.2, 0.25) is 0 Å². The lowest BCUT2D eigenvalue weighted by Gasteiger charge is -2.34. The van der Waals surface area contributed by atoms with Gasteiger partial charge >= 0.3 is 0 Å². The van der Waals surface area contributed by atoms with Crippen molar-refractivity contribution in [1.82, 2.24) is 24.7 Å². The Morgan fingerprint density at radius 3 is 2.62 bits per heavy atom. The van der Waals surface area contributed by atoms with Gasteiger partial charge in [0.05, 0.1) is 17.9 Å². The molecule has 32 heavy (non-hydrogen) atoms. The lowest BCUT2D eigenvalue weighted by atomic mass is 9.88. The molecule has 0 amide bonds. The average molecular weight is 432 g/mol. The van der Waals surface area contributed by atoms with Crippen molar-refractivity contribution in [1.29, 1.82) is 0 Å². The number of halogens is 2. The molecule has 6 rings (SSSR count). The topological polar surface area (TPSA) is 59.7 Å². The van der Waals surface area contributed by atoms with Gasteiger partial charge in [0.25, 0.3) is 0 Å². The summed E-state index contributed by atoms with van der Waals surface area (Å²) in [6.45, 7) is 1.63. The fraction of sp³-hybridized carbons (Fsp3) is 0.333. The normalized spacial score (nSPS) is 19.6. The van der Waals surface area contributed by atoms with Gasteiger partial charge in [-0.2, -0.15) is 5.10 Å². The zero-order valence-electron chi connectivity index (χ0n) is 17.7. The van der Waals surface area contributed by atoms with E-state index in [4.69, 9.17) is 9.97 Å². The summed E-state index contributed by atoms with van der Waals surface area (Å²) in [5.74, 6) is 0.0551. The van der Waals surface area contributed by atoms with Crippen molar-refractivity contribution in [3.8, 4) is 11.3 Å². The highest BCUT2D eigenvalue weighted by molar-refractivity contribution is 5.82. The number of benzene rings is 1. The molecule has 2 aliphatic rings. The van der Waals surface area contributed by atoms with E-state index in [-0.39, 0.29) is 11.3 Å². The summed E-state index contributed by atoms with van der Waals surface area (Å²) in [5.41, 5.74) is 4.01. The van der Waals surface area contributed by atoms with Crippen LogP contribution < -0.4 is 4.90 Å². The van der Waals surface area contributed by atoms with Gasteiger partial charge in [-0.25, -0.2) is 18.7 Å². The lowest BCUT2D eigenvalue weighted by molar-refractivity contribution is 0.368. The van der Waals surface area contributed by atoms with Gasteiger partial charge in [-0.1, -0.05) is 6.07 Å². The molecule has 4 aromatic rings. The second-order valence-corrected chi connectivity index (χ2v) is 8.93. The molecule has 1 aliphatic heterocycles. The molecule has 0 bridgehead atoms. The fourth-order valence-corrected chi connectivity index (χ4v) is 5.14. The number of anilines is 1. The van der Waals surface area contributed by atoms with E-state index in [0.717, 1.165) is 66.5 Å². The number of aromatic nitrogens is 5. The van der Waals surface area contributed by atoms with Gasteiger partial charge in [-0.3, -0.25) is 9.67 Å². The van der Waals surface area contributed by atoms with Crippen molar-refractivity contribution < 1.29 is 8.78 Å². The average Bonchev–Trinajstić information content (AvgIpc) is 3.29. The van der Waals surface area contributed by atoms with E-state index >= 15 is 0 Å². The van der Waals surface area contributed by atoms with Crippen LogP contribution in [0.25, 0.3) is 22.3 Å². The SMILES string of the molecule is Cn1cc(-c2nc3cnccc3nc2N2CCC3(CC2)CC3c2ccc(F)cc2F)cn1. The van der Waals surface area contributed by atoms with E-state index in [9.17, 15) is 8.78 Å². The van der Waals surface area contributed by atoms with Crippen LogP contribution in [0.1, 0.15) is 30.7 Å². The van der Waals surface area contributed by atoms with Crippen molar-refractivity contribution in [3.63, 3.8) is 0 Å². The van der Waals surface area contributed by atoms with Crippen LogP contribution in [0.2, 0.25) is 0 Å². The number of hydrogen-bond acceptors (Lipinski definition) is 5. The monoisotopic (exact) mass is 432 g/mol. The molecule has 1 aromatic carbocycles. The summed E-state index contributed by atoms with van der Waals surface area (Å²) in [5, 5.41) is 4.30. The molecule has 4 heterocycles. The zero-order valence-corrected chi connectivity index (χ0v) is 17.7. The van der Waals surface area contributed by atoms with Gasteiger partial charge in [0.1, 0.15) is 22.8 Å². The molecule has 8 heteroatoms. The number of piperidine rings is 1. The molecule has 0 radical (unpaired) electrons. The Kier molecular flexibility index (Phi) is 4.25. The molecule has 162 valence electrons. The van der Waals surface area contributed by atoms with Crippen LogP contribution in [0.4, 0.5) is 14.6 Å². The highest BCUT2D eigenvalue weighted by atomic mass is 19.1. The number of fused-ring (bicyclic) bond motifs is 1. The quantitative estimate of drug-likeness (QED) is 0.478. The third-order valence-electron chi connectivity index (χ3n) is 7.01. The van der Waals surface area contributed by atoms with Crippen LogP contribution in [0, 0.1) is 17.0 Å². The Hall–Kier alpha value is -3.42. The Bertz CT molecular complexity index is 1330. The standard InChI is InChI=1S/C24H22F2N6/c1-31-14-15(12-28-31)22-23(30-20-4-7-27-13-21(20)29-22)32-8-5-24(6-9-32)11-18(24)17-3-2-16(25)10-19(17)26/h2-4,7,10,12-14,18H,5-6,8-9,11H2,1H3. The third-order valence-corrected chi connectivity index (χ3v) is 7.01. The predicted octanol–water partition coefficient (Wildman–Crippen LogP) is 4.48. The van der Waals surface area contributed by atoms with Crippen molar-refractivity contribution in [2.75, 3.05) is 18.0 Å². The second kappa shape index (κ2) is 7.05. The van der Waals surface area contributed by atoms with Gasteiger partial charge < -0.3 is 4.90 Å². The van der Waals surface area contributed by atoms with E-state index in [0.29, 0.717) is 5.56 Å². The van der Waals surface area contributed by atoms with Gasteiger partial charge in [-0.15, -0.1) is 0 Å². The van der Waals surface area contributed by atoms with E-state index in [1.807, 2.05) is 19.3 Å². The third kappa shape index (κ3) is 3.13. The smallest absolute Gasteiger partial charge is 0.156 e. The molecule has 3 aromatic heterocycles. The van der Waals surface area contributed by atoms with Crippen LogP contribution in [0.15, 0.2) is 49.1 Å². The van der Waals surface area contributed by atoms with E-state index in [1.165, 1.54) is 6.07 Å². The summed E-state index contributed by atoms with van der Waals surface area (Å²) in [6, 6.07) is 5.84. The largest absolute Gasteiger partial charge is 0.355 e. The number of aryl methyl sites for hydroxylation is 1. The first kappa shape index (κ1) is 19.3. The highest BCUT2D eigenvalue weighted by Crippen LogP contribution is 2.65. The molecule has 1 saturated carbocycles. The van der Waals surface area contributed by atoms with Gasteiger partial charge in [0.15, 0.2) is 5.82 Å². The minimum absolute atomic E-state index is 0.0951. The zero-order chi connectivity index (χ0) is 21.9. The van der Waals surface area contributed by atoms with Crippen molar-refractivity contribution in [2.24, 2.45) is 12.5 Å². The first-order valence-electron chi connectivity index (χ1n) is 10.8. The lowest BCUT2D eigenvalue weighted by Crippen LogP contribution is -2.36. The summed E-state index contributed by atoms with van der Waals surface area (Å²) < 4.78 is 29.4. The molecule has 1 spiro atoms. The number of rotatable bonds is 3. The van der Waals surface area contributed by atoms with Gasteiger partial charge in [0, 0.05) is 44.2 Å². The minimum Gasteiger partial charge on any atom is -0.355 e. The van der Waals surface area contributed by atoms with Crippen LogP contribution in [0.5, 0.6) is 0 Å². The fourth-order valence-electron chi connectivity index (χ4n) is 5.14.